The van der Waals surface area contributed by atoms with Gasteiger partial charge in [0.25, 0.3) is 0 Å². The summed E-state index contributed by atoms with van der Waals surface area (Å²) in [5.41, 5.74) is 0.755. The first-order chi connectivity index (χ1) is 13.7. The first kappa shape index (κ1) is 21.1. The van der Waals surface area contributed by atoms with Crippen molar-refractivity contribution in [3.63, 3.8) is 0 Å². The van der Waals surface area contributed by atoms with Crippen LogP contribution in [0, 0.1) is 5.82 Å². The molecule has 1 N–H and O–H groups in total. The van der Waals surface area contributed by atoms with Gasteiger partial charge in [0, 0.05) is 5.69 Å². The number of sulfonamides is 1. The van der Waals surface area contributed by atoms with E-state index in [1.165, 1.54) is 31.9 Å². The summed E-state index contributed by atoms with van der Waals surface area (Å²) in [5, 5.41) is 2.72. The monoisotopic (exact) mass is 420 g/mol. The molecule has 8 heteroatoms. The molecule has 1 saturated carbocycles. The predicted molar refractivity (Wildman–Crippen MR) is 111 cm³/mol. The molecule has 0 spiro atoms. The number of anilines is 2. The van der Waals surface area contributed by atoms with Crippen LogP contribution >= 0.6 is 0 Å². The first-order valence-electron chi connectivity index (χ1n) is 9.56. The second-order valence-corrected chi connectivity index (χ2v) is 9.11. The van der Waals surface area contributed by atoms with Crippen LogP contribution in [0.5, 0.6) is 5.75 Å². The van der Waals surface area contributed by atoms with Crippen molar-refractivity contribution in [1.29, 1.82) is 0 Å². The van der Waals surface area contributed by atoms with Crippen molar-refractivity contribution in [2.24, 2.45) is 0 Å². The average Bonchev–Trinajstić information content (AvgIpc) is 3.17. The zero-order valence-corrected chi connectivity index (χ0v) is 17.3. The van der Waals surface area contributed by atoms with Gasteiger partial charge in [0.15, 0.2) is 0 Å². The van der Waals surface area contributed by atoms with E-state index < -0.39 is 27.8 Å². The Bertz CT molecular complexity index is 940. The third kappa shape index (κ3) is 5.47. The van der Waals surface area contributed by atoms with Crippen molar-refractivity contribution < 1.29 is 22.3 Å². The van der Waals surface area contributed by atoms with Crippen LogP contribution in [0.1, 0.15) is 32.6 Å². The second-order valence-electron chi connectivity index (χ2n) is 7.25. The van der Waals surface area contributed by atoms with E-state index in [-0.39, 0.29) is 11.8 Å². The number of hydrogen-bond donors (Lipinski definition) is 1. The SMILES string of the molecule is C[C@@H](C(=O)Nc1ccc(OC2CCCC2)cc1)N(c1ccc(F)cc1)S(C)(=O)=O. The van der Waals surface area contributed by atoms with E-state index >= 15 is 0 Å². The van der Waals surface area contributed by atoms with Crippen molar-refractivity contribution in [2.75, 3.05) is 15.9 Å². The standard InChI is InChI=1S/C21H25FN2O4S/c1-15(24(29(2,26)27)18-11-7-16(22)8-12-18)21(25)23-17-9-13-20(14-10-17)28-19-5-3-4-6-19/h7-15,19H,3-6H2,1-2H3,(H,23,25)/t15-/m0/s1. The van der Waals surface area contributed by atoms with Gasteiger partial charge >= 0.3 is 0 Å². The molecule has 1 aliphatic carbocycles. The molecule has 0 heterocycles. The lowest BCUT2D eigenvalue weighted by Gasteiger charge is -2.28. The average molecular weight is 421 g/mol. The van der Waals surface area contributed by atoms with Gasteiger partial charge in [-0.2, -0.15) is 0 Å². The van der Waals surface area contributed by atoms with Crippen molar-refractivity contribution >= 4 is 27.3 Å². The maximum atomic E-state index is 13.2. The Morgan fingerprint density at radius 2 is 1.69 bits per heavy atom. The number of nitrogens with one attached hydrogen (secondary N) is 1. The molecule has 1 atom stereocenters. The van der Waals surface area contributed by atoms with Crippen LogP contribution < -0.4 is 14.4 Å². The number of benzene rings is 2. The lowest BCUT2D eigenvalue weighted by Crippen LogP contribution is -2.45. The zero-order valence-electron chi connectivity index (χ0n) is 16.5. The number of halogens is 1. The molecule has 0 bridgehead atoms. The molecule has 29 heavy (non-hydrogen) atoms. The van der Waals surface area contributed by atoms with Gasteiger partial charge in [-0.05, 0) is 81.1 Å². The predicted octanol–water partition coefficient (Wildman–Crippen LogP) is 3.94. The van der Waals surface area contributed by atoms with Crippen molar-refractivity contribution in [2.45, 2.75) is 44.8 Å². The van der Waals surface area contributed by atoms with E-state index in [9.17, 15) is 17.6 Å². The minimum Gasteiger partial charge on any atom is -0.490 e. The fraction of sp³-hybridized carbons (Fsp3) is 0.381. The third-order valence-corrected chi connectivity index (χ3v) is 6.14. The van der Waals surface area contributed by atoms with Gasteiger partial charge < -0.3 is 10.1 Å². The molecule has 2 aromatic carbocycles. The van der Waals surface area contributed by atoms with E-state index in [1.807, 2.05) is 0 Å². The van der Waals surface area contributed by atoms with E-state index in [0.717, 1.165) is 41.3 Å². The summed E-state index contributed by atoms with van der Waals surface area (Å²) in [4.78, 5) is 12.7. The molecule has 2 aromatic rings. The summed E-state index contributed by atoms with van der Waals surface area (Å²) in [6.45, 7) is 1.48. The van der Waals surface area contributed by atoms with Crippen LogP contribution in [-0.2, 0) is 14.8 Å². The van der Waals surface area contributed by atoms with Gasteiger partial charge in [-0.3, -0.25) is 9.10 Å². The number of carbonyl (C=O) groups excluding carboxylic acids is 1. The summed E-state index contributed by atoms with van der Waals surface area (Å²) < 4.78 is 44.6. The topological polar surface area (TPSA) is 75.7 Å². The molecule has 6 nitrogen and oxygen atoms in total. The van der Waals surface area contributed by atoms with Gasteiger partial charge in [0.05, 0.1) is 18.0 Å². The third-order valence-electron chi connectivity index (χ3n) is 4.90. The maximum absolute atomic E-state index is 13.2. The summed E-state index contributed by atoms with van der Waals surface area (Å²) in [6.07, 6.45) is 5.73. The Labute approximate surface area is 170 Å². The van der Waals surface area contributed by atoms with Gasteiger partial charge in [-0.1, -0.05) is 0 Å². The van der Waals surface area contributed by atoms with E-state index in [0.29, 0.717) is 5.69 Å². The molecule has 0 aromatic heterocycles. The molecule has 3 rings (SSSR count). The Hall–Kier alpha value is -2.61. The Kier molecular flexibility index (Phi) is 6.42. The summed E-state index contributed by atoms with van der Waals surface area (Å²) in [7, 11) is -3.76. The van der Waals surface area contributed by atoms with Crippen LogP contribution in [0.2, 0.25) is 0 Å². The number of rotatable bonds is 7. The van der Waals surface area contributed by atoms with Crippen molar-refractivity contribution in [3.8, 4) is 5.75 Å². The van der Waals surface area contributed by atoms with Gasteiger partial charge in [-0.15, -0.1) is 0 Å². The molecule has 0 aliphatic heterocycles. The highest BCUT2D eigenvalue weighted by atomic mass is 32.2. The van der Waals surface area contributed by atoms with E-state index in [4.69, 9.17) is 4.74 Å². The van der Waals surface area contributed by atoms with Crippen LogP contribution in [0.15, 0.2) is 48.5 Å². The highest BCUT2D eigenvalue weighted by molar-refractivity contribution is 7.92. The molecular formula is C21H25FN2O4S. The molecule has 1 fully saturated rings. The van der Waals surface area contributed by atoms with Crippen LogP contribution in [0.4, 0.5) is 15.8 Å². The van der Waals surface area contributed by atoms with E-state index in [1.54, 1.807) is 24.3 Å². The minimum absolute atomic E-state index is 0.219. The molecule has 156 valence electrons. The van der Waals surface area contributed by atoms with Crippen LogP contribution in [0.25, 0.3) is 0 Å². The van der Waals surface area contributed by atoms with Crippen LogP contribution in [-0.4, -0.2) is 32.7 Å². The Morgan fingerprint density at radius 3 is 2.24 bits per heavy atom. The molecular weight excluding hydrogens is 395 g/mol. The summed E-state index contributed by atoms with van der Waals surface area (Å²) >= 11 is 0. The van der Waals surface area contributed by atoms with Crippen LogP contribution in [0.3, 0.4) is 0 Å². The number of ether oxygens (including phenoxy) is 1. The second kappa shape index (κ2) is 8.82. The summed E-state index contributed by atoms with van der Waals surface area (Å²) in [5.74, 6) is -0.240. The minimum atomic E-state index is -3.76. The lowest BCUT2D eigenvalue weighted by atomic mass is 10.2. The maximum Gasteiger partial charge on any atom is 0.247 e. The molecule has 0 unspecified atom stereocenters. The number of carbonyl (C=O) groups is 1. The fourth-order valence-corrected chi connectivity index (χ4v) is 4.63. The lowest BCUT2D eigenvalue weighted by molar-refractivity contribution is -0.116. The van der Waals surface area contributed by atoms with Crippen molar-refractivity contribution in [3.05, 3.63) is 54.3 Å². The van der Waals surface area contributed by atoms with Gasteiger partial charge in [0.2, 0.25) is 15.9 Å². The molecule has 0 saturated heterocycles. The largest absolute Gasteiger partial charge is 0.490 e. The number of amides is 1. The zero-order chi connectivity index (χ0) is 21.0. The normalized spacial score (nSPS) is 15.7. The highest BCUT2D eigenvalue weighted by Gasteiger charge is 2.29. The van der Waals surface area contributed by atoms with Crippen molar-refractivity contribution in [1.82, 2.24) is 0 Å². The Balaban J connectivity index is 1.69. The van der Waals surface area contributed by atoms with Gasteiger partial charge in [0.1, 0.15) is 17.6 Å². The number of hydrogen-bond acceptors (Lipinski definition) is 4. The van der Waals surface area contributed by atoms with Gasteiger partial charge in [-0.25, -0.2) is 12.8 Å². The quantitative estimate of drug-likeness (QED) is 0.736. The Morgan fingerprint density at radius 1 is 1.10 bits per heavy atom. The highest BCUT2D eigenvalue weighted by Crippen LogP contribution is 2.26. The number of nitrogens with zero attached hydrogens (tertiary/aromatic N) is 1. The summed E-state index contributed by atoms with van der Waals surface area (Å²) in [6, 6.07) is 11.0. The fourth-order valence-electron chi connectivity index (χ4n) is 3.46. The van der Waals surface area contributed by atoms with E-state index in [2.05, 4.69) is 5.32 Å². The molecule has 1 amide bonds. The first-order valence-corrected chi connectivity index (χ1v) is 11.4. The molecule has 1 aliphatic rings. The molecule has 0 radical (unpaired) electrons. The smallest absolute Gasteiger partial charge is 0.247 e.